The van der Waals surface area contributed by atoms with E-state index in [-0.39, 0.29) is 18.2 Å². The maximum atomic E-state index is 12.8. The third kappa shape index (κ3) is 3.37. The van der Waals surface area contributed by atoms with Crippen LogP contribution in [0.4, 0.5) is 13.2 Å². The van der Waals surface area contributed by atoms with Crippen LogP contribution in [0.3, 0.4) is 0 Å². The minimum absolute atomic E-state index is 0.138. The summed E-state index contributed by atoms with van der Waals surface area (Å²) in [5.74, 6) is -1.31. The number of halogens is 3. The maximum absolute atomic E-state index is 12.8. The zero-order valence-electron chi connectivity index (χ0n) is 10.2. The summed E-state index contributed by atoms with van der Waals surface area (Å²) in [6, 6.07) is -0.723. The van der Waals surface area contributed by atoms with E-state index in [1.54, 1.807) is 0 Å². The van der Waals surface area contributed by atoms with Gasteiger partial charge in [-0.15, -0.1) is 0 Å². The summed E-state index contributed by atoms with van der Waals surface area (Å²) in [6.45, 7) is 1.58. The highest BCUT2D eigenvalue weighted by Gasteiger charge is 2.46. The zero-order valence-corrected chi connectivity index (χ0v) is 10.2. The number of rotatable bonds is 3. The van der Waals surface area contributed by atoms with E-state index in [2.05, 4.69) is 10.6 Å². The average Bonchev–Trinajstić information content (AvgIpc) is 2.23. The highest BCUT2D eigenvalue weighted by atomic mass is 19.4. The smallest absolute Gasteiger partial charge is 0.353 e. The van der Waals surface area contributed by atoms with E-state index in [1.807, 2.05) is 0 Å². The van der Waals surface area contributed by atoms with Crippen LogP contribution in [-0.4, -0.2) is 31.2 Å². The molecule has 0 radical (unpaired) electrons. The molecule has 2 unspecified atom stereocenters. The first-order valence-electron chi connectivity index (χ1n) is 6.53. The second-order valence-electron chi connectivity index (χ2n) is 5.33. The molecule has 6 heteroatoms. The SMILES string of the molecule is O=C(CC1CNC1)NC1CCCCC1C(F)(F)F. The highest BCUT2D eigenvalue weighted by Crippen LogP contribution is 2.37. The van der Waals surface area contributed by atoms with E-state index >= 15 is 0 Å². The zero-order chi connectivity index (χ0) is 13.2. The molecule has 2 atom stereocenters. The van der Waals surface area contributed by atoms with Gasteiger partial charge in [-0.2, -0.15) is 13.2 Å². The van der Waals surface area contributed by atoms with Crippen molar-refractivity contribution in [3.05, 3.63) is 0 Å². The number of alkyl halides is 3. The van der Waals surface area contributed by atoms with Gasteiger partial charge in [-0.3, -0.25) is 4.79 Å². The first-order valence-corrected chi connectivity index (χ1v) is 6.53. The number of carbonyl (C=O) groups excluding carboxylic acids is 1. The summed E-state index contributed by atoms with van der Waals surface area (Å²) in [5, 5.41) is 5.63. The van der Waals surface area contributed by atoms with Gasteiger partial charge in [0.2, 0.25) is 5.91 Å². The van der Waals surface area contributed by atoms with E-state index in [9.17, 15) is 18.0 Å². The average molecular weight is 264 g/mol. The van der Waals surface area contributed by atoms with Gasteiger partial charge in [0.15, 0.2) is 0 Å². The fourth-order valence-electron chi connectivity index (χ4n) is 2.72. The minimum Gasteiger partial charge on any atom is -0.353 e. The molecule has 1 amide bonds. The van der Waals surface area contributed by atoms with Crippen LogP contribution in [0.15, 0.2) is 0 Å². The first-order chi connectivity index (χ1) is 8.47. The molecule has 1 heterocycles. The Kier molecular flexibility index (Phi) is 4.14. The third-order valence-corrected chi connectivity index (χ3v) is 3.87. The number of hydrogen-bond acceptors (Lipinski definition) is 2. The van der Waals surface area contributed by atoms with E-state index in [0.29, 0.717) is 19.3 Å². The van der Waals surface area contributed by atoms with E-state index < -0.39 is 18.1 Å². The highest BCUT2D eigenvalue weighted by molar-refractivity contribution is 5.76. The lowest BCUT2D eigenvalue weighted by atomic mass is 9.83. The summed E-state index contributed by atoms with van der Waals surface area (Å²) in [6.07, 6.45) is -1.91. The Bertz CT molecular complexity index is 302. The molecular formula is C12H19F3N2O. The van der Waals surface area contributed by atoms with Crippen molar-refractivity contribution in [2.75, 3.05) is 13.1 Å². The molecule has 1 saturated heterocycles. The fraction of sp³-hybridized carbons (Fsp3) is 0.917. The minimum atomic E-state index is -4.20. The molecule has 0 spiro atoms. The molecule has 2 N–H and O–H groups in total. The Morgan fingerprint density at radius 1 is 1.22 bits per heavy atom. The standard InChI is InChI=1S/C12H19F3N2O/c13-12(14,15)9-3-1-2-4-10(9)17-11(18)5-8-6-16-7-8/h8-10,16H,1-7H2,(H,17,18). The molecule has 2 fully saturated rings. The van der Waals surface area contributed by atoms with Gasteiger partial charge < -0.3 is 10.6 Å². The summed E-state index contributed by atoms with van der Waals surface area (Å²) < 4.78 is 38.5. The molecule has 0 aromatic rings. The Morgan fingerprint density at radius 2 is 1.89 bits per heavy atom. The molecule has 2 rings (SSSR count). The molecule has 2 aliphatic rings. The van der Waals surface area contributed by atoms with Crippen molar-refractivity contribution < 1.29 is 18.0 Å². The molecule has 1 aliphatic heterocycles. The van der Waals surface area contributed by atoms with Gasteiger partial charge in [0.25, 0.3) is 0 Å². The Balaban J connectivity index is 1.86. The van der Waals surface area contributed by atoms with E-state index in [4.69, 9.17) is 0 Å². The predicted molar refractivity (Wildman–Crippen MR) is 60.9 cm³/mol. The van der Waals surface area contributed by atoms with Gasteiger partial charge in [-0.25, -0.2) is 0 Å². The van der Waals surface area contributed by atoms with Crippen LogP contribution in [0.5, 0.6) is 0 Å². The van der Waals surface area contributed by atoms with Crippen LogP contribution >= 0.6 is 0 Å². The van der Waals surface area contributed by atoms with Crippen LogP contribution in [0.1, 0.15) is 32.1 Å². The molecular weight excluding hydrogens is 245 g/mol. The molecule has 1 aliphatic carbocycles. The van der Waals surface area contributed by atoms with Crippen molar-refractivity contribution in [1.29, 1.82) is 0 Å². The predicted octanol–water partition coefficient (Wildman–Crippen LogP) is 1.83. The Hall–Kier alpha value is -0.780. The second kappa shape index (κ2) is 5.47. The van der Waals surface area contributed by atoms with Gasteiger partial charge >= 0.3 is 6.18 Å². The Labute approximate surface area is 104 Å². The lowest BCUT2D eigenvalue weighted by Gasteiger charge is -2.34. The topological polar surface area (TPSA) is 41.1 Å². The maximum Gasteiger partial charge on any atom is 0.393 e. The fourth-order valence-corrected chi connectivity index (χ4v) is 2.72. The third-order valence-electron chi connectivity index (χ3n) is 3.87. The van der Waals surface area contributed by atoms with Gasteiger partial charge in [0.1, 0.15) is 0 Å². The van der Waals surface area contributed by atoms with Crippen LogP contribution in [0.2, 0.25) is 0 Å². The van der Waals surface area contributed by atoms with Crippen molar-refractivity contribution in [2.45, 2.75) is 44.3 Å². The van der Waals surface area contributed by atoms with Gasteiger partial charge in [-0.1, -0.05) is 12.8 Å². The van der Waals surface area contributed by atoms with E-state index in [1.165, 1.54) is 0 Å². The van der Waals surface area contributed by atoms with Crippen LogP contribution < -0.4 is 10.6 Å². The molecule has 18 heavy (non-hydrogen) atoms. The van der Waals surface area contributed by atoms with Crippen LogP contribution in [-0.2, 0) is 4.79 Å². The van der Waals surface area contributed by atoms with Crippen molar-refractivity contribution in [3.63, 3.8) is 0 Å². The number of amides is 1. The summed E-state index contributed by atoms with van der Waals surface area (Å²) in [5.41, 5.74) is 0. The molecule has 0 aromatic heterocycles. The van der Waals surface area contributed by atoms with Gasteiger partial charge in [-0.05, 0) is 31.8 Å². The molecule has 0 bridgehead atoms. The van der Waals surface area contributed by atoms with Crippen molar-refractivity contribution in [3.8, 4) is 0 Å². The Morgan fingerprint density at radius 3 is 2.44 bits per heavy atom. The summed E-state index contributed by atoms with van der Waals surface area (Å²) in [7, 11) is 0. The first kappa shape index (κ1) is 13.6. The lowest BCUT2D eigenvalue weighted by molar-refractivity contribution is -0.189. The van der Waals surface area contributed by atoms with Crippen molar-refractivity contribution in [1.82, 2.24) is 10.6 Å². The summed E-state index contributed by atoms with van der Waals surface area (Å²) in [4.78, 5) is 11.7. The monoisotopic (exact) mass is 264 g/mol. The lowest BCUT2D eigenvalue weighted by Crippen LogP contribution is -2.50. The van der Waals surface area contributed by atoms with Gasteiger partial charge in [0.05, 0.1) is 5.92 Å². The normalized spacial score (nSPS) is 29.7. The van der Waals surface area contributed by atoms with Crippen molar-refractivity contribution in [2.24, 2.45) is 11.8 Å². The van der Waals surface area contributed by atoms with Crippen LogP contribution in [0, 0.1) is 11.8 Å². The molecule has 1 saturated carbocycles. The largest absolute Gasteiger partial charge is 0.393 e. The van der Waals surface area contributed by atoms with E-state index in [0.717, 1.165) is 19.5 Å². The second-order valence-corrected chi connectivity index (χ2v) is 5.33. The number of nitrogens with one attached hydrogen (secondary N) is 2. The quantitative estimate of drug-likeness (QED) is 0.816. The molecule has 0 aromatic carbocycles. The summed E-state index contributed by atoms with van der Waals surface area (Å²) >= 11 is 0. The van der Waals surface area contributed by atoms with Crippen LogP contribution in [0.25, 0.3) is 0 Å². The number of hydrogen-bond donors (Lipinski definition) is 2. The molecule has 104 valence electrons. The van der Waals surface area contributed by atoms with Crippen molar-refractivity contribution >= 4 is 5.91 Å². The number of carbonyl (C=O) groups is 1. The van der Waals surface area contributed by atoms with Gasteiger partial charge in [0, 0.05) is 12.5 Å². The molecule has 3 nitrogen and oxygen atoms in total.